The van der Waals surface area contributed by atoms with Gasteiger partial charge in [-0.3, -0.25) is 4.99 Å². The molecule has 2 aromatic rings. The maximum Gasteiger partial charge on any atom is 0.174 e. The average Bonchev–Trinajstić information content (AvgIpc) is 3.07. The molecule has 1 aliphatic rings. The minimum Gasteiger partial charge on any atom is -0.493 e. The Bertz CT molecular complexity index is 746. The van der Waals surface area contributed by atoms with Crippen LogP contribution in [0.1, 0.15) is 16.7 Å². The Hall–Kier alpha value is -1.21. The van der Waals surface area contributed by atoms with E-state index in [1.807, 2.05) is 6.07 Å². The highest BCUT2D eigenvalue weighted by Gasteiger charge is 2.17. The number of benzene rings is 2. The van der Waals surface area contributed by atoms with E-state index in [1.165, 1.54) is 5.56 Å². The maximum absolute atomic E-state index is 6.04. The number of ether oxygens (including phenoxy) is 2. The minimum absolute atomic E-state index is 0.531. The molecule has 1 heterocycles. The van der Waals surface area contributed by atoms with Crippen LogP contribution < -0.4 is 9.47 Å². The first-order valence-corrected chi connectivity index (χ1v) is 9.47. The lowest BCUT2D eigenvalue weighted by atomic mass is 10.1. The topological polar surface area (TPSA) is 30.8 Å². The lowest BCUT2D eigenvalue weighted by Gasteiger charge is -2.14. The molecule has 1 aliphatic heterocycles. The summed E-state index contributed by atoms with van der Waals surface area (Å²) >= 11 is 4.09. The number of aryl methyl sites for hydroxylation is 1. The molecule has 0 radical (unpaired) electrons. The summed E-state index contributed by atoms with van der Waals surface area (Å²) in [5, 5.41) is 1.09. The first kappa shape index (κ1) is 16.6. The van der Waals surface area contributed by atoms with Gasteiger partial charge in [-0.05, 0) is 47.2 Å². The summed E-state index contributed by atoms with van der Waals surface area (Å²) in [5.74, 6) is 2.61. The lowest BCUT2D eigenvalue weighted by Crippen LogP contribution is -2.02. The fourth-order valence-corrected chi connectivity index (χ4v) is 4.05. The molecule has 0 atom stereocenters. The van der Waals surface area contributed by atoms with Crippen LogP contribution in [0, 0.1) is 10.5 Å². The van der Waals surface area contributed by atoms with Crippen LogP contribution in [-0.2, 0) is 6.61 Å². The molecule has 5 heteroatoms. The Morgan fingerprint density at radius 2 is 2.13 bits per heavy atom. The van der Waals surface area contributed by atoms with Crippen molar-refractivity contribution in [3.05, 3.63) is 56.7 Å². The lowest BCUT2D eigenvalue weighted by molar-refractivity contribution is 0.282. The van der Waals surface area contributed by atoms with E-state index < -0.39 is 0 Å². The molecular formula is C18H18INO2S. The van der Waals surface area contributed by atoms with Gasteiger partial charge < -0.3 is 9.47 Å². The molecule has 120 valence electrons. The molecule has 0 saturated carbocycles. The second kappa shape index (κ2) is 7.57. The summed E-state index contributed by atoms with van der Waals surface area (Å²) in [4.78, 5) is 4.54. The Morgan fingerprint density at radius 3 is 2.83 bits per heavy atom. The number of methoxy groups -OCH3 is 1. The second-order valence-corrected chi connectivity index (χ2v) is 7.55. The zero-order chi connectivity index (χ0) is 16.2. The van der Waals surface area contributed by atoms with Crippen molar-refractivity contribution >= 4 is 39.4 Å². The van der Waals surface area contributed by atoms with E-state index in [9.17, 15) is 0 Å². The van der Waals surface area contributed by atoms with Gasteiger partial charge in [0.15, 0.2) is 11.5 Å². The van der Waals surface area contributed by atoms with Crippen molar-refractivity contribution in [2.75, 3.05) is 19.4 Å². The van der Waals surface area contributed by atoms with Gasteiger partial charge in [-0.25, -0.2) is 0 Å². The third kappa shape index (κ3) is 4.01. The number of halogens is 1. The van der Waals surface area contributed by atoms with Crippen molar-refractivity contribution in [1.29, 1.82) is 0 Å². The molecule has 0 N–H and O–H groups in total. The number of rotatable bonds is 5. The SMILES string of the molecule is COc1cc(C2=NCCS2)cc(I)c1OCc1cccc(C)c1. The summed E-state index contributed by atoms with van der Waals surface area (Å²) in [7, 11) is 1.68. The van der Waals surface area contributed by atoms with Gasteiger partial charge in [0.1, 0.15) is 6.61 Å². The summed E-state index contributed by atoms with van der Waals surface area (Å²) in [6, 6.07) is 12.5. The van der Waals surface area contributed by atoms with Crippen LogP contribution in [0.4, 0.5) is 0 Å². The van der Waals surface area contributed by atoms with E-state index in [2.05, 4.69) is 64.8 Å². The smallest absolute Gasteiger partial charge is 0.174 e. The predicted octanol–water partition coefficient (Wildman–Crippen LogP) is 4.68. The zero-order valence-corrected chi connectivity index (χ0v) is 16.1. The summed E-state index contributed by atoms with van der Waals surface area (Å²) < 4.78 is 12.6. The van der Waals surface area contributed by atoms with Gasteiger partial charge in [-0.2, -0.15) is 0 Å². The number of aliphatic imine (C=N–C) groups is 1. The van der Waals surface area contributed by atoms with E-state index in [-0.39, 0.29) is 0 Å². The molecule has 0 bridgehead atoms. The van der Waals surface area contributed by atoms with Crippen LogP contribution in [0.15, 0.2) is 41.4 Å². The summed E-state index contributed by atoms with van der Waals surface area (Å²) in [5.41, 5.74) is 3.50. The minimum atomic E-state index is 0.531. The van der Waals surface area contributed by atoms with Crippen LogP contribution in [0.25, 0.3) is 0 Å². The van der Waals surface area contributed by atoms with Gasteiger partial charge in [0, 0.05) is 17.9 Å². The van der Waals surface area contributed by atoms with Crippen LogP contribution in [0.2, 0.25) is 0 Å². The van der Waals surface area contributed by atoms with E-state index in [1.54, 1.807) is 18.9 Å². The van der Waals surface area contributed by atoms with Crippen LogP contribution >= 0.6 is 34.4 Å². The monoisotopic (exact) mass is 439 g/mol. The molecule has 0 unspecified atom stereocenters. The third-order valence-electron chi connectivity index (χ3n) is 3.53. The second-order valence-electron chi connectivity index (χ2n) is 5.30. The predicted molar refractivity (Wildman–Crippen MR) is 105 cm³/mol. The van der Waals surface area contributed by atoms with Gasteiger partial charge in [-0.15, -0.1) is 11.8 Å². The molecule has 0 spiro atoms. The molecule has 0 aliphatic carbocycles. The third-order valence-corrected chi connectivity index (χ3v) is 5.35. The van der Waals surface area contributed by atoms with Crippen molar-refractivity contribution in [2.24, 2.45) is 4.99 Å². The quantitative estimate of drug-likeness (QED) is 0.634. The van der Waals surface area contributed by atoms with Crippen molar-refractivity contribution < 1.29 is 9.47 Å². The number of nitrogens with zero attached hydrogens (tertiary/aromatic N) is 1. The van der Waals surface area contributed by atoms with Crippen LogP contribution in [0.5, 0.6) is 11.5 Å². The molecule has 3 rings (SSSR count). The van der Waals surface area contributed by atoms with E-state index in [0.29, 0.717) is 6.61 Å². The number of hydrogen-bond acceptors (Lipinski definition) is 4. The first-order valence-electron chi connectivity index (χ1n) is 7.41. The maximum atomic E-state index is 6.04. The average molecular weight is 439 g/mol. The molecule has 23 heavy (non-hydrogen) atoms. The molecule has 3 nitrogen and oxygen atoms in total. The molecule has 0 aromatic heterocycles. The van der Waals surface area contributed by atoms with Crippen molar-refractivity contribution in [2.45, 2.75) is 13.5 Å². The summed E-state index contributed by atoms with van der Waals surface area (Å²) in [6.45, 7) is 3.51. The van der Waals surface area contributed by atoms with Gasteiger partial charge in [0.2, 0.25) is 0 Å². The van der Waals surface area contributed by atoms with Gasteiger partial charge in [-0.1, -0.05) is 29.8 Å². The zero-order valence-electron chi connectivity index (χ0n) is 13.1. The van der Waals surface area contributed by atoms with Crippen molar-refractivity contribution in [1.82, 2.24) is 0 Å². The van der Waals surface area contributed by atoms with Crippen molar-refractivity contribution in [3.63, 3.8) is 0 Å². The number of thioether (sulfide) groups is 1. The first-order chi connectivity index (χ1) is 11.2. The molecule has 2 aromatic carbocycles. The van der Waals surface area contributed by atoms with E-state index >= 15 is 0 Å². The highest BCUT2D eigenvalue weighted by molar-refractivity contribution is 14.1. The highest BCUT2D eigenvalue weighted by atomic mass is 127. The van der Waals surface area contributed by atoms with Crippen LogP contribution in [-0.4, -0.2) is 24.5 Å². The van der Waals surface area contributed by atoms with E-state index in [4.69, 9.17) is 9.47 Å². The van der Waals surface area contributed by atoms with E-state index in [0.717, 1.165) is 43.5 Å². The fraction of sp³-hybridized carbons (Fsp3) is 0.278. The van der Waals surface area contributed by atoms with Gasteiger partial charge in [0.25, 0.3) is 0 Å². The fourth-order valence-electron chi connectivity index (χ4n) is 2.45. The van der Waals surface area contributed by atoms with Gasteiger partial charge in [0.05, 0.1) is 15.7 Å². The molecule has 0 amide bonds. The standard InChI is InChI=1S/C18H18INO2S/c1-12-4-3-5-13(8-12)11-22-17-15(19)9-14(10-16(17)21-2)18-20-6-7-23-18/h3-5,8-10H,6-7,11H2,1-2H3. The van der Waals surface area contributed by atoms with Gasteiger partial charge >= 0.3 is 0 Å². The molecular weight excluding hydrogens is 421 g/mol. The summed E-state index contributed by atoms with van der Waals surface area (Å²) in [6.07, 6.45) is 0. The molecule has 0 saturated heterocycles. The normalized spacial score (nSPS) is 13.8. The Morgan fingerprint density at radius 1 is 1.26 bits per heavy atom. The largest absolute Gasteiger partial charge is 0.493 e. The Labute approximate surface area is 154 Å². The Kier molecular flexibility index (Phi) is 5.48. The highest BCUT2D eigenvalue weighted by Crippen LogP contribution is 2.36. The molecule has 0 fully saturated rings. The van der Waals surface area contributed by atoms with Crippen molar-refractivity contribution in [3.8, 4) is 11.5 Å². The van der Waals surface area contributed by atoms with Crippen LogP contribution in [0.3, 0.4) is 0 Å². The Balaban J connectivity index is 1.83. The number of hydrogen-bond donors (Lipinski definition) is 0.